The summed E-state index contributed by atoms with van der Waals surface area (Å²) in [4.78, 5) is 0. The third-order valence-corrected chi connectivity index (χ3v) is 3.58. The lowest BCUT2D eigenvalue weighted by molar-refractivity contribution is 0.0181. The van der Waals surface area contributed by atoms with Gasteiger partial charge in [0.05, 0.1) is 5.60 Å². The molecule has 0 bridgehead atoms. The molecular weight excluding hydrogens is 196 g/mol. The number of fused-ring (bicyclic) bond motifs is 1. The quantitative estimate of drug-likeness (QED) is 0.697. The molecule has 0 N–H and O–H groups in total. The lowest BCUT2D eigenvalue weighted by Gasteiger charge is -2.25. The lowest BCUT2D eigenvalue weighted by Crippen LogP contribution is -2.20. The third-order valence-electron chi connectivity index (χ3n) is 3.58. The molecule has 3 rings (SSSR count). The first-order valence-electron chi connectivity index (χ1n) is 5.92. The van der Waals surface area contributed by atoms with E-state index in [0.29, 0.717) is 0 Å². The summed E-state index contributed by atoms with van der Waals surface area (Å²) in [6.45, 7) is 3.10. The van der Waals surface area contributed by atoms with E-state index in [4.69, 9.17) is 4.74 Å². The number of hydrogen-bond acceptors (Lipinski definition) is 1. The largest absolute Gasteiger partial charge is 0.371 e. The van der Waals surface area contributed by atoms with Gasteiger partial charge in [0.1, 0.15) is 0 Å². The molecule has 1 heterocycles. The first-order valence-corrected chi connectivity index (χ1v) is 5.92. The predicted octanol–water partition coefficient (Wildman–Crippen LogP) is 3.87. The monoisotopic (exact) mass is 212 g/mol. The molecule has 16 heavy (non-hydrogen) atoms. The van der Waals surface area contributed by atoms with Crippen molar-refractivity contribution in [1.29, 1.82) is 0 Å². The zero-order valence-electron chi connectivity index (χ0n) is 9.57. The van der Waals surface area contributed by atoms with Crippen molar-refractivity contribution in [3.63, 3.8) is 0 Å². The summed E-state index contributed by atoms with van der Waals surface area (Å²) in [6.07, 6.45) is 2.29. The van der Waals surface area contributed by atoms with Crippen LogP contribution < -0.4 is 0 Å². The maximum absolute atomic E-state index is 5.93. The average Bonchev–Trinajstić information content (AvgIpc) is 2.77. The highest BCUT2D eigenvalue weighted by molar-refractivity contribution is 5.86. The average molecular weight is 212 g/mol. The van der Waals surface area contributed by atoms with Crippen molar-refractivity contribution in [2.75, 3.05) is 6.61 Å². The second-order valence-corrected chi connectivity index (χ2v) is 4.71. The first kappa shape index (κ1) is 9.86. The van der Waals surface area contributed by atoms with E-state index >= 15 is 0 Å². The molecule has 0 spiro atoms. The van der Waals surface area contributed by atoms with Crippen molar-refractivity contribution < 1.29 is 4.74 Å². The molecule has 1 saturated heterocycles. The molecule has 0 amide bonds. The molecule has 1 aliphatic rings. The zero-order valence-corrected chi connectivity index (χ0v) is 9.57. The highest BCUT2D eigenvalue weighted by atomic mass is 16.5. The van der Waals surface area contributed by atoms with Crippen molar-refractivity contribution in [2.24, 2.45) is 0 Å². The van der Waals surface area contributed by atoms with E-state index in [9.17, 15) is 0 Å². The van der Waals surface area contributed by atoms with Gasteiger partial charge in [0.15, 0.2) is 0 Å². The third kappa shape index (κ3) is 1.43. The molecule has 1 fully saturated rings. The van der Waals surface area contributed by atoms with Crippen molar-refractivity contribution >= 4 is 10.8 Å². The number of benzene rings is 2. The van der Waals surface area contributed by atoms with E-state index in [0.717, 1.165) is 13.0 Å². The Morgan fingerprint density at radius 2 is 1.88 bits per heavy atom. The van der Waals surface area contributed by atoms with Crippen molar-refractivity contribution in [1.82, 2.24) is 0 Å². The molecule has 0 aliphatic carbocycles. The van der Waals surface area contributed by atoms with Crippen LogP contribution >= 0.6 is 0 Å². The Kier molecular flexibility index (Phi) is 2.22. The summed E-state index contributed by atoms with van der Waals surface area (Å²) in [5, 5.41) is 2.63. The van der Waals surface area contributed by atoms with Crippen LogP contribution in [0.25, 0.3) is 10.8 Å². The predicted molar refractivity (Wildman–Crippen MR) is 66.5 cm³/mol. The van der Waals surface area contributed by atoms with Gasteiger partial charge in [-0.05, 0) is 36.1 Å². The molecule has 2 aromatic carbocycles. The summed E-state index contributed by atoms with van der Waals surface area (Å²) in [7, 11) is 0. The second kappa shape index (κ2) is 3.60. The molecular formula is C15H16O. The van der Waals surface area contributed by atoms with E-state index in [1.54, 1.807) is 0 Å². The fourth-order valence-corrected chi connectivity index (χ4v) is 2.68. The van der Waals surface area contributed by atoms with E-state index in [1.807, 2.05) is 0 Å². The topological polar surface area (TPSA) is 9.23 Å². The van der Waals surface area contributed by atoms with Crippen LogP contribution in [-0.4, -0.2) is 6.61 Å². The fraction of sp³-hybridized carbons (Fsp3) is 0.333. The van der Waals surface area contributed by atoms with Crippen LogP contribution in [0.3, 0.4) is 0 Å². The van der Waals surface area contributed by atoms with Gasteiger partial charge in [-0.25, -0.2) is 0 Å². The van der Waals surface area contributed by atoms with Gasteiger partial charge in [0, 0.05) is 6.61 Å². The Balaban J connectivity index is 2.23. The fourth-order valence-electron chi connectivity index (χ4n) is 2.68. The van der Waals surface area contributed by atoms with Crippen molar-refractivity contribution in [3.8, 4) is 0 Å². The van der Waals surface area contributed by atoms with Crippen LogP contribution in [0.2, 0.25) is 0 Å². The van der Waals surface area contributed by atoms with Gasteiger partial charge in [-0.2, -0.15) is 0 Å². The molecule has 1 unspecified atom stereocenters. The van der Waals surface area contributed by atoms with Gasteiger partial charge >= 0.3 is 0 Å². The van der Waals surface area contributed by atoms with E-state index in [-0.39, 0.29) is 5.60 Å². The number of rotatable bonds is 1. The summed E-state index contributed by atoms with van der Waals surface area (Å²) in [5.74, 6) is 0. The highest BCUT2D eigenvalue weighted by Gasteiger charge is 2.32. The van der Waals surface area contributed by atoms with Crippen LogP contribution in [0.5, 0.6) is 0 Å². The van der Waals surface area contributed by atoms with Gasteiger partial charge < -0.3 is 4.74 Å². The molecule has 0 saturated carbocycles. The molecule has 1 atom stereocenters. The van der Waals surface area contributed by atoms with Crippen LogP contribution in [0.4, 0.5) is 0 Å². The first-order chi connectivity index (χ1) is 7.80. The standard InChI is InChI=1S/C15H16O/c1-15(10-5-11-16-15)14-9-4-7-12-6-2-3-8-13(12)14/h2-4,6-9H,5,10-11H2,1H3. The Hall–Kier alpha value is -1.34. The highest BCUT2D eigenvalue weighted by Crippen LogP contribution is 2.38. The van der Waals surface area contributed by atoms with Gasteiger partial charge in [-0.15, -0.1) is 0 Å². The Morgan fingerprint density at radius 1 is 1.06 bits per heavy atom. The summed E-state index contributed by atoms with van der Waals surface area (Å²) >= 11 is 0. The Morgan fingerprint density at radius 3 is 2.69 bits per heavy atom. The van der Waals surface area contributed by atoms with Crippen molar-refractivity contribution in [3.05, 3.63) is 48.0 Å². The minimum Gasteiger partial charge on any atom is -0.371 e. The molecule has 1 aliphatic heterocycles. The lowest BCUT2D eigenvalue weighted by atomic mass is 9.89. The van der Waals surface area contributed by atoms with Crippen LogP contribution in [0, 0.1) is 0 Å². The minimum absolute atomic E-state index is 0.0825. The SMILES string of the molecule is CC1(c2cccc3ccccc23)CCCO1. The number of hydrogen-bond donors (Lipinski definition) is 0. The normalized spacial score (nSPS) is 25.1. The van der Waals surface area contributed by atoms with Crippen LogP contribution in [0.1, 0.15) is 25.3 Å². The minimum atomic E-state index is -0.0825. The van der Waals surface area contributed by atoms with E-state index in [2.05, 4.69) is 49.4 Å². The molecule has 1 nitrogen and oxygen atoms in total. The summed E-state index contributed by atoms with van der Waals surface area (Å²) in [5.41, 5.74) is 1.25. The molecule has 0 radical (unpaired) electrons. The second-order valence-electron chi connectivity index (χ2n) is 4.71. The van der Waals surface area contributed by atoms with Gasteiger partial charge in [0.25, 0.3) is 0 Å². The molecule has 2 aromatic rings. The van der Waals surface area contributed by atoms with Crippen LogP contribution in [0.15, 0.2) is 42.5 Å². The van der Waals surface area contributed by atoms with Crippen LogP contribution in [-0.2, 0) is 10.3 Å². The zero-order chi connectivity index (χ0) is 11.0. The molecule has 82 valence electrons. The maximum Gasteiger partial charge on any atom is 0.0910 e. The maximum atomic E-state index is 5.93. The Labute approximate surface area is 96.0 Å². The number of ether oxygens (including phenoxy) is 1. The summed E-state index contributed by atoms with van der Waals surface area (Å²) in [6, 6.07) is 15.0. The van der Waals surface area contributed by atoms with E-state index < -0.39 is 0 Å². The molecule has 1 heteroatoms. The van der Waals surface area contributed by atoms with Gasteiger partial charge in [-0.1, -0.05) is 42.5 Å². The van der Waals surface area contributed by atoms with Crippen molar-refractivity contribution in [2.45, 2.75) is 25.4 Å². The summed E-state index contributed by atoms with van der Waals surface area (Å²) < 4.78 is 5.93. The Bertz CT molecular complexity index is 504. The molecule has 0 aromatic heterocycles. The smallest absolute Gasteiger partial charge is 0.0910 e. The van der Waals surface area contributed by atoms with E-state index in [1.165, 1.54) is 22.8 Å². The van der Waals surface area contributed by atoms with Gasteiger partial charge in [0.2, 0.25) is 0 Å². The van der Waals surface area contributed by atoms with Gasteiger partial charge in [-0.3, -0.25) is 0 Å².